The fraction of sp³-hybridized carbons (Fsp3) is 0.500. The van der Waals surface area contributed by atoms with Gasteiger partial charge in [0.1, 0.15) is 18.1 Å². The normalized spacial score (nSPS) is 19.2. The number of nitrogens with zero attached hydrogens (tertiary/aromatic N) is 5. The number of fused-ring (bicyclic) bond motifs is 1. The van der Waals surface area contributed by atoms with E-state index < -0.39 is 11.6 Å². The SMILES string of the molecule is CC(C)N1CCOc2c(F)cc(-c3nc(CC4=CC(C5CCN(C)CC5)=NC4)ncc3F)cc21. The van der Waals surface area contributed by atoms with Gasteiger partial charge < -0.3 is 14.5 Å². The zero-order valence-electron chi connectivity index (χ0n) is 20.0. The van der Waals surface area contributed by atoms with Crippen LogP contribution in [0, 0.1) is 17.6 Å². The number of aliphatic imine (C=N–C) groups is 1. The van der Waals surface area contributed by atoms with Crippen molar-refractivity contribution in [2.75, 3.05) is 44.7 Å². The molecule has 0 saturated carbocycles. The fourth-order valence-electron chi connectivity index (χ4n) is 5.02. The molecule has 0 N–H and O–H groups in total. The molecule has 5 rings (SSSR count). The van der Waals surface area contributed by atoms with Crippen molar-refractivity contribution in [2.45, 2.75) is 39.2 Å². The van der Waals surface area contributed by atoms with E-state index in [1.54, 1.807) is 6.07 Å². The van der Waals surface area contributed by atoms with Gasteiger partial charge in [-0.2, -0.15) is 0 Å². The van der Waals surface area contributed by atoms with E-state index in [1.165, 1.54) is 12.3 Å². The second-order valence-corrected chi connectivity index (χ2v) is 9.72. The number of hydrogen-bond donors (Lipinski definition) is 0. The summed E-state index contributed by atoms with van der Waals surface area (Å²) in [7, 11) is 2.15. The zero-order chi connectivity index (χ0) is 23.8. The quantitative estimate of drug-likeness (QED) is 0.657. The van der Waals surface area contributed by atoms with Gasteiger partial charge in [-0.1, -0.05) is 0 Å². The molecule has 3 aliphatic rings. The number of benzene rings is 1. The van der Waals surface area contributed by atoms with Gasteiger partial charge in [0.05, 0.1) is 25.0 Å². The number of allylic oxidation sites excluding steroid dienone is 1. The maximum atomic E-state index is 14.9. The largest absolute Gasteiger partial charge is 0.486 e. The van der Waals surface area contributed by atoms with Crippen molar-refractivity contribution in [1.29, 1.82) is 0 Å². The summed E-state index contributed by atoms with van der Waals surface area (Å²) in [6.45, 7) is 7.97. The highest BCUT2D eigenvalue weighted by atomic mass is 19.1. The molecule has 180 valence electrons. The predicted molar refractivity (Wildman–Crippen MR) is 130 cm³/mol. The molecule has 0 spiro atoms. The summed E-state index contributed by atoms with van der Waals surface area (Å²) in [6, 6.07) is 3.23. The average Bonchev–Trinajstić information content (AvgIpc) is 3.28. The molecule has 6 nitrogen and oxygen atoms in total. The Kier molecular flexibility index (Phi) is 6.34. The molecule has 1 saturated heterocycles. The van der Waals surface area contributed by atoms with Gasteiger partial charge in [-0.3, -0.25) is 4.99 Å². The monoisotopic (exact) mass is 467 g/mol. The summed E-state index contributed by atoms with van der Waals surface area (Å²) in [5, 5.41) is 0. The van der Waals surface area contributed by atoms with Crippen molar-refractivity contribution in [3.05, 3.63) is 47.4 Å². The molecule has 0 bridgehead atoms. The van der Waals surface area contributed by atoms with E-state index >= 15 is 0 Å². The number of anilines is 1. The minimum atomic E-state index is -0.570. The van der Waals surface area contributed by atoms with Crippen molar-refractivity contribution in [3.8, 4) is 17.0 Å². The van der Waals surface area contributed by atoms with Gasteiger partial charge in [0.2, 0.25) is 0 Å². The highest BCUT2D eigenvalue weighted by Gasteiger charge is 2.26. The number of rotatable bonds is 5. The van der Waals surface area contributed by atoms with Gasteiger partial charge >= 0.3 is 0 Å². The fourth-order valence-corrected chi connectivity index (χ4v) is 5.02. The molecule has 0 amide bonds. The first kappa shape index (κ1) is 22.9. The van der Waals surface area contributed by atoms with Gasteiger partial charge in [-0.05, 0) is 70.6 Å². The van der Waals surface area contributed by atoms with E-state index in [-0.39, 0.29) is 17.5 Å². The van der Waals surface area contributed by atoms with E-state index in [4.69, 9.17) is 9.73 Å². The van der Waals surface area contributed by atoms with Gasteiger partial charge in [0.25, 0.3) is 0 Å². The molecule has 8 heteroatoms. The standard InChI is InChI=1S/C26H31F2N5O/c1-16(2)33-8-9-34-26-20(27)12-19(13-23(26)33)25-21(28)15-30-24(31-25)11-17-10-22(29-14-17)18-4-6-32(3)7-5-18/h10,12-13,15-16,18H,4-9,11,14H2,1-3H3. The molecule has 4 heterocycles. The smallest absolute Gasteiger partial charge is 0.178 e. The second kappa shape index (κ2) is 9.41. The van der Waals surface area contributed by atoms with Crippen LogP contribution >= 0.6 is 0 Å². The van der Waals surface area contributed by atoms with E-state index in [0.29, 0.717) is 49.1 Å². The van der Waals surface area contributed by atoms with Crippen LogP contribution in [0.5, 0.6) is 5.75 Å². The van der Waals surface area contributed by atoms with E-state index in [2.05, 4.69) is 32.9 Å². The number of halogens is 2. The van der Waals surface area contributed by atoms with Crippen LogP contribution in [0.15, 0.2) is 35.0 Å². The van der Waals surface area contributed by atoms with Crippen LogP contribution in [0.4, 0.5) is 14.5 Å². The molecule has 3 aliphatic heterocycles. The van der Waals surface area contributed by atoms with Crippen molar-refractivity contribution in [2.24, 2.45) is 10.9 Å². The number of likely N-dealkylation sites (tertiary alicyclic amines) is 1. The highest BCUT2D eigenvalue weighted by molar-refractivity contribution is 5.99. The van der Waals surface area contributed by atoms with Crippen molar-refractivity contribution < 1.29 is 13.5 Å². The lowest BCUT2D eigenvalue weighted by molar-refractivity contribution is 0.252. The first-order chi connectivity index (χ1) is 16.4. The van der Waals surface area contributed by atoms with E-state index in [9.17, 15) is 8.78 Å². The Labute approximate surface area is 199 Å². The summed E-state index contributed by atoms with van der Waals surface area (Å²) < 4.78 is 35.3. The van der Waals surface area contributed by atoms with Gasteiger partial charge in [0.15, 0.2) is 17.4 Å². The van der Waals surface area contributed by atoms with Crippen molar-refractivity contribution in [3.63, 3.8) is 0 Å². The average molecular weight is 468 g/mol. The van der Waals surface area contributed by atoms with Crippen LogP contribution < -0.4 is 9.64 Å². The number of hydrogen-bond acceptors (Lipinski definition) is 6. The van der Waals surface area contributed by atoms with Crippen molar-refractivity contribution in [1.82, 2.24) is 14.9 Å². The molecular formula is C26H31F2N5O. The van der Waals surface area contributed by atoms with Crippen LogP contribution in [0.3, 0.4) is 0 Å². The summed E-state index contributed by atoms with van der Waals surface area (Å²) in [5.41, 5.74) is 3.41. The lowest BCUT2D eigenvalue weighted by Gasteiger charge is -2.34. The summed E-state index contributed by atoms with van der Waals surface area (Å²) in [6.07, 6.45) is 6.09. The summed E-state index contributed by atoms with van der Waals surface area (Å²) in [5.74, 6) is 0.153. The number of aromatic nitrogens is 2. The lowest BCUT2D eigenvalue weighted by Crippen LogP contribution is -2.38. The molecule has 1 fully saturated rings. The summed E-state index contributed by atoms with van der Waals surface area (Å²) in [4.78, 5) is 17.9. The highest BCUT2D eigenvalue weighted by Crippen LogP contribution is 2.39. The first-order valence-corrected chi connectivity index (χ1v) is 12.1. The molecule has 0 aliphatic carbocycles. The number of ether oxygens (including phenoxy) is 1. The Morgan fingerprint density at radius 3 is 2.68 bits per heavy atom. The third-order valence-corrected chi connectivity index (χ3v) is 6.94. The van der Waals surface area contributed by atoms with Crippen LogP contribution in [-0.2, 0) is 6.42 Å². The second-order valence-electron chi connectivity index (χ2n) is 9.72. The van der Waals surface area contributed by atoms with Crippen molar-refractivity contribution >= 4 is 11.4 Å². The summed E-state index contributed by atoms with van der Waals surface area (Å²) >= 11 is 0. The lowest BCUT2D eigenvalue weighted by atomic mass is 9.91. The minimum Gasteiger partial charge on any atom is -0.486 e. The van der Waals surface area contributed by atoms with Gasteiger partial charge in [-0.15, -0.1) is 0 Å². The molecule has 0 unspecified atom stereocenters. The number of piperidine rings is 1. The van der Waals surface area contributed by atoms with Crippen LogP contribution in [0.2, 0.25) is 0 Å². The van der Waals surface area contributed by atoms with Gasteiger partial charge in [0, 0.05) is 29.7 Å². The molecular weight excluding hydrogens is 436 g/mol. The van der Waals surface area contributed by atoms with E-state index in [1.807, 2.05) is 13.8 Å². The Morgan fingerprint density at radius 1 is 1.12 bits per heavy atom. The maximum absolute atomic E-state index is 14.9. The Bertz CT molecular complexity index is 1140. The van der Waals surface area contributed by atoms with Gasteiger partial charge in [-0.25, -0.2) is 18.7 Å². The van der Waals surface area contributed by atoms with Crippen LogP contribution in [-0.4, -0.2) is 66.5 Å². The Morgan fingerprint density at radius 2 is 1.91 bits per heavy atom. The maximum Gasteiger partial charge on any atom is 0.178 e. The minimum absolute atomic E-state index is 0.107. The molecule has 1 aromatic heterocycles. The zero-order valence-corrected chi connectivity index (χ0v) is 20.0. The van der Waals surface area contributed by atoms with Crippen LogP contribution in [0.25, 0.3) is 11.3 Å². The molecule has 1 aromatic carbocycles. The third kappa shape index (κ3) is 4.56. The van der Waals surface area contributed by atoms with E-state index in [0.717, 1.165) is 37.2 Å². The first-order valence-electron chi connectivity index (χ1n) is 12.1. The molecule has 0 radical (unpaired) electrons. The Hall–Kier alpha value is -2.87. The molecule has 0 atom stereocenters. The Balaban J connectivity index is 1.39. The predicted octanol–water partition coefficient (Wildman–Crippen LogP) is 4.29. The molecule has 2 aromatic rings. The van der Waals surface area contributed by atoms with Crippen LogP contribution in [0.1, 0.15) is 32.5 Å². The topological polar surface area (TPSA) is 53.9 Å². The molecule has 34 heavy (non-hydrogen) atoms. The third-order valence-electron chi connectivity index (χ3n) is 6.94.